The van der Waals surface area contributed by atoms with E-state index in [0.717, 1.165) is 11.1 Å². The van der Waals surface area contributed by atoms with E-state index in [1.54, 1.807) is 24.3 Å². The second kappa shape index (κ2) is 10.5. The van der Waals surface area contributed by atoms with Crippen molar-refractivity contribution in [3.63, 3.8) is 0 Å². The van der Waals surface area contributed by atoms with Crippen molar-refractivity contribution in [1.29, 1.82) is 0 Å². The first-order chi connectivity index (χ1) is 14.5. The second-order valence-corrected chi connectivity index (χ2v) is 7.46. The van der Waals surface area contributed by atoms with Gasteiger partial charge in [0.2, 0.25) is 5.91 Å². The van der Waals surface area contributed by atoms with Gasteiger partial charge in [-0.2, -0.15) is 0 Å². The molecule has 0 aliphatic carbocycles. The molecule has 0 radical (unpaired) electrons. The molecule has 0 spiro atoms. The lowest BCUT2D eigenvalue weighted by molar-refractivity contribution is -0.116. The van der Waals surface area contributed by atoms with Crippen molar-refractivity contribution in [2.24, 2.45) is 0 Å². The van der Waals surface area contributed by atoms with E-state index in [4.69, 9.17) is 11.6 Å². The number of hydrogen-bond acceptors (Lipinski definition) is 2. The van der Waals surface area contributed by atoms with Gasteiger partial charge in [-0.05, 0) is 41.3 Å². The third-order valence-electron chi connectivity index (χ3n) is 4.65. The number of rotatable bonds is 7. The smallest absolute Gasteiger partial charge is 0.319 e. The number of nitrogens with one attached hydrogen (secondary N) is 3. The van der Waals surface area contributed by atoms with E-state index in [1.807, 2.05) is 61.5 Å². The zero-order valence-electron chi connectivity index (χ0n) is 16.7. The Kier molecular flexibility index (Phi) is 7.46. The molecule has 0 unspecified atom stereocenters. The van der Waals surface area contributed by atoms with Crippen molar-refractivity contribution in [3.8, 4) is 0 Å². The van der Waals surface area contributed by atoms with E-state index in [1.165, 1.54) is 0 Å². The quantitative estimate of drug-likeness (QED) is 0.451. The summed E-state index contributed by atoms with van der Waals surface area (Å²) in [5.41, 5.74) is 3.25. The maximum absolute atomic E-state index is 12.4. The predicted molar refractivity (Wildman–Crippen MR) is 122 cm³/mol. The normalized spacial score (nSPS) is 11.4. The molecule has 5 nitrogen and oxygen atoms in total. The maximum Gasteiger partial charge on any atom is 0.319 e. The van der Waals surface area contributed by atoms with Crippen molar-refractivity contribution in [1.82, 2.24) is 5.32 Å². The van der Waals surface area contributed by atoms with E-state index in [9.17, 15) is 9.59 Å². The topological polar surface area (TPSA) is 70.2 Å². The second-order valence-electron chi connectivity index (χ2n) is 7.05. The lowest BCUT2D eigenvalue weighted by Crippen LogP contribution is -2.28. The average Bonchev–Trinajstić information content (AvgIpc) is 2.75. The van der Waals surface area contributed by atoms with Crippen LogP contribution >= 0.6 is 11.6 Å². The third-order valence-corrected chi connectivity index (χ3v) is 4.98. The van der Waals surface area contributed by atoms with Crippen LogP contribution < -0.4 is 16.0 Å². The summed E-state index contributed by atoms with van der Waals surface area (Å²) < 4.78 is 0. The highest BCUT2D eigenvalue weighted by Gasteiger charge is 2.11. The lowest BCUT2D eigenvalue weighted by atomic mass is 9.97. The molecule has 154 valence electrons. The molecule has 3 rings (SSSR count). The van der Waals surface area contributed by atoms with Crippen LogP contribution in [0.1, 0.15) is 30.4 Å². The first-order valence-electron chi connectivity index (χ1n) is 9.74. The van der Waals surface area contributed by atoms with E-state index < -0.39 is 0 Å². The lowest BCUT2D eigenvalue weighted by Gasteiger charge is -2.13. The summed E-state index contributed by atoms with van der Waals surface area (Å²) in [5, 5.41) is 8.91. The van der Waals surface area contributed by atoms with Crippen molar-refractivity contribution < 1.29 is 9.59 Å². The highest BCUT2D eigenvalue weighted by atomic mass is 35.5. The van der Waals surface area contributed by atoms with Crippen molar-refractivity contribution in [3.05, 3.63) is 95.0 Å². The number of anilines is 2. The Morgan fingerprint density at radius 1 is 0.900 bits per heavy atom. The zero-order chi connectivity index (χ0) is 21.3. The molecule has 0 heterocycles. The molecule has 3 N–H and O–H groups in total. The molecule has 1 atom stereocenters. The number of benzene rings is 3. The van der Waals surface area contributed by atoms with Gasteiger partial charge in [-0.1, -0.05) is 73.1 Å². The summed E-state index contributed by atoms with van der Waals surface area (Å²) in [7, 11) is 0. The monoisotopic (exact) mass is 421 g/mol. The minimum Gasteiger partial charge on any atom is -0.334 e. The summed E-state index contributed by atoms with van der Waals surface area (Å²) in [6, 6.07) is 24.1. The van der Waals surface area contributed by atoms with Crippen LogP contribution in [-0.4, -0.2) is 11.9 Å². The minimum atomic E-state index is -0.353. The molecule has 3 aromatic carbocycles. The summed E-state index contributed by atoms with van der Waals surface area (Å²) in [6.45, 7) is 2.35. The van der Waals surface area contributed by atoms with Crippen LogP contribution in [-0.2, 0) is 11.3 Å². The SMILES string of the molecule is C[C@H](CC(=O)Nc1cccc(CNC(=O)Nc2ccccc2Cl)c1)c1ccccc1. The molecule has 0 bridgehead atoms. The fraction of sp³-hybridized carbons (Fsp3) is 0.167. The zero-order valence-corrected chi connectivity index (χ0v) is 17.4. The molecule has 3 amide bonds. The number of carbonyl (C=O) groups is 2. The van der Waals surface area contributed by atoms with Crippen molar-refractivity contribution >= 4 is 34.9 Å². The highest BCUT2D eigenvalue weighted by Crippen LogP contribution is 2.21. The van der Waals surface area contributed by atoms with Crippen LogP contribution in [0.3, 0.4) is 0 Å². The summed E-state index contributed by atoms with van der Waals surface area (Å²) >= 11 is 6.05. The van der Waals surface area contributed by atoms with Crippen LogP contribution in [0.5, 0.6) is 0 Å². The summed E-state index contributed by atoms with van der Waals surface area (Å²) in [4.78, 5) is 24.5. The molecule has 0 aliphatic rings. The van der Waals surface area contributed by atoms with Gasteiger partial charge in [-0.25, -0.2) is 4.79 Å². The number of para-hydroxylation sites is 1. The number of amides is 3. The Balaban J connectivity index is 1.51. The van der Waals surface area contributed by atoms with Gasteiger partial charge >= 0.3 is 6.03 Å². The average molecular weight is 422 g/mol. The minimum absolute atomic E-state index is 0.0482. The third kappa shape index (κ3) is 6.36. The summed E-state index contributed by atoms with van der Waals surface area (Å²) in [5.74, 6) is 0.0810. The van der Waals surface area contributed by atoms with Gasteiger partial charge in [0.25, 0.3) is 0 Å². The van der Waals surface area contributed by atoms with Gasteiger partial charge in [0.15, 0.2) is 0 Å². The number of hydrogen-bond donors (Lipinski definition) is 3. The molecule has 3 aromatic rings. The van der Waals surface area contributed by atoms with Gasteiger partial charge in [0, 0.05) is 18.7 Å². The molecule has 6 heteroatoms. The van der Waals surface area contributed by atoms with Gasteiger partial charge in [0.05, 0.1) is 10.7 Å². The molecule has 0 saturated heterocycles. The number of carbonyl (C=O) groups excluding carboxylic acids is 2. The molecule has 0 fully saturated rings. The standard InChI is InChI=1S/C24H24ClN3O2/c1-17(19-9-3-2-4-10-19)14-23(29)27-20-11-7-8-18(15-20)16-26-24(30)28-22-13-6-5-12-21(22)25/h2-13,15,17H,14,16H2,1H3,(H,27,29)(H2,26,28,30)/t17-/m1/s1. The fourth-order valence-electron chi connectivity index (χ4n) is 3.06. The largest absolute Gasteiger partial charge is 0.334 e. The van der Waals surface area contributed by atoms with E-state index in [0.29, 0.717) is 29.4 Å². The van der Waals surface area contributed by atoms with Crippen LogP contribution in [0, 0.1) is 0 Å². The van der Waals surface area contributed by atoms with Crippen LogP contribution in [0.2, 0.25) is 5.02 Å². The Bertz CT molecular complexity index is 1010. The van der Waals surface area contributed by atoms with Crippen LogP contribution in [0.15, 0.2) is 78.9 Å². The predicted octanol–water partition coefficient (Wildman–Crippen LogP) is 5.79. The number of urea groups is 1. The van der Waals surface area contributed by atoms with Crippen LogP contribution in [0.25, 0.3) is 0 Å². The Labute approximate surface area is 181 Å². The number of halogens is 1. The van der Waals surface area contributed by atoms with Gasteiger partial charge < -0.3 is 16.0 Å². The van der Waals surface area contributed by atoms with E-state index in [2.05, 4.69) is 16.0 Å². The van der Waals surface area contributed by atoms with Crippen molar-refractivity contribution in [2.75, 3.05) is 10.6 Å². The maximum atomic E-state index is 12.4. The first kappa shape index (κ1) is 21.4. The Hall–Kier alpha value is -3.31. The van der Waals surface area contributed by atoms with E-state index >= 15 is 0 Å². The molecule has 0 aromatic heterocycles. The van der Waals surface area contributed by atoms with Crippen LogP contribution in [0.4, 0.5) is 16.2 Å². The molecule has 30 heavy (non-hydrogen) atoms. The fourth-order valence-corrected chi connectivity index (χ4v) is 3.24. The molecule has 0 saturated carbocycles. The van der Waals surface area contributed by atoms with E-state index in [-0.39, 0.29) is 17.9 Å². The van der Waals surface area contributed by atoms with Gasteiger partial charge in [-0.3, -0.25) is 4.79 Å². The Morgan fingerprint density at radius 2 is 1.63 bits per heavy atom. The highest BCUT2D eigenvalue weighted by molar-refractivity contribution is 6.33. The van der Waals surface area contributed by atoms with Gasteiger partial charge in [-0.15, -0.1) is 0 Å². The summed E-state index contributed by atoms with van der Waals surface area (Å²) in [6.07, 6.45) is 0.396. The molecule has 0 aliphatic heterocycles. The van der Waals surface area contributed by atoms with Crippen molar-refractivity contribution in [2.45, 2.75) is 25.8 Å². The Morgan fingerprint density at radius 3 is 2.40 bits per heavy atom. The first-order valence-corrected chi connectivity index (χ1v) is 10.1. The van der Waals surface area contributed by atoms with Gasteiger partial charge in [0.1, 0.15) is 0 Å². The molecular weight excluding hydrogens is 398 g/mol. The molecular formula is C24H24ClN3O2.